The van der Waals surface area contributed by atoms with E-state index in [1.807, 2.05) is 6.92 Å². The molecular formula is C10H14ClN3NaO3S+. The number of halogens is 1. The number of aryl methyl sites for hydroxylation is 1. The van der Waals surface area contributed by atoms with Crippen LogP contribution in [-0.4, -0.2) is 37.1 Å². The van der Waals surface area contributed by atoms with E-state index < -0.39 is 15.9 Å². The van der Waals surface area contributed by atoms with E-state index in [9.17, 15) is 13.0 Å². The molecule has 0 saturated carbocycles. The summed E-state index contributed by atoms with van der Waals surface area (Å²) in [6, 6.07) is 5.22. The SMILES string of the molecule is CN=[N+](CCS(=O)(=O)[O-])Nc1ccc(Cl)cc1C.[Na+]. The van der Waals surface area contributed by atoms with E-state index in [1.54, 1.807) is 18.2 Å². The zero-order valence-corrected chi connectivity index (χ0v) is 14.6. The molecule has 0 fully saturated rings. The van der Waals surface area contributed by atoms with E-state index in [4.69, 9.17) is 11.6 Å². The third-order valence-corrected chi connectivity index (χ3v) is 3.15. The molecule has 0 radical (unpaired) electrons. The van der Waals surface area contributed by atoms with Gasteiger partial charge in [0, 0.05) is 5.02 Å². The number of nitrogens with one attached hydrogen (secondary N) is 1. The molecule has 0 aliphatic carbocycles. The fourth-order valence-electron chi connectivity index (χ4n) is 1.30. The van der Waals surface area contributed by atoms with Crippen molar-refractivity contribution >= 4 is 27.4 Å². The number of anilines is 1. The first-order valence-electron chi connectivity index (χ1n) is 5.15. The first-order valence-corrected chi connectivity index (χ1v) is 7.11. The average molecular weight is 315 g/mol. The predicted octanol–water partition coefficient (Wildman–Crippen LogP) is -1.38. The van der Waals surface area contributed by atoms with Crippen molar-refractivity contribution in [3.8, 4) is 0 Å². The molecule has 0 unspecified atom stereocenters. The third-order valence-electron chi connectivity index (χ3n) is 2.23. The molecule has 0 saturated heterocycles. The van der Waals surface area contributed by atoms with Crippen LogP contribution < -0.4 is 35.0 Å². The Morgan fingerprint density at radius 3 is 2.58 bits per heavy atom. The molecule has 0 aliphatic rings. The molecule has 1 N–H and O–H groups in total. The predicted molar refractivity (Wildman–Crippen MR) is 67.9 cm³/mol. The van der Waals surface area contributed by atoms with Gasteiger partial charge >= 0.3 is 29.6 Å². The summed E-state index contributed by atoms with van der Waals surface area (Å²) < 4.78 is 31.6. The molecule has 1 aromatic carbocycles. The van der Waals surface area contributed by atoms with E-state index in [0.717, 1.165) is 11.3 Å². The molecule has 0 atom stereocenters. The zero-order chi connectivity index (χ0) is 13.8. The van der Waals surface area contributed by atoms with Crippen LogP contribution in [0.1, 0.15) is 5.56 Å². The molecule has 6 nitrogen and oxygen atoms in total. The largest absolute Gasteiger partial charge is 1.00 e. The molecule has 0 aromatic heterocycles. The summed E-state index contributed by atoms with van der Waals surface area (Å²) >= 11 is 5.82. The summed E-state index contributed by atoms with van der Waals surface area (Å²) in [5.41, 5.74) is 4.54. The number of hydrazine groups is 1. The minimum atomic E-state index is -4.25. The van der Waals surface area contributed by atoms with Gasteiger partial charge in [0.15, 0.2) is 0 Å². The van der Waals surface area contributed by atoms with Crippen LogP contribution in [0.15, 0.2) is 23.3 Å². The monoisotopic (exact) mass is 314 g/mol. The molecule has 0 bridgehead atoms. The van der Waals surface area contributed by atoms with Crippen molar-refractivity contribution in [3.05, 3.63) is 28.8 Å². The zero-order valence-electron chi connectivity index (χ0n) is 11.1. The van der Waals surface area contributed by atoms with Gasteiger partial charge in [-0.2, -0.15) is 0 Å². The van der Waals surface area contributed by atoms with Gasteiger partial charge in [-0.25, -0.2) is 8.42 Å². The van der Waals surface area contributed by atoms with Crippen molar-refractivity contribution in [2.75, 3.05) is 24.8 Å². The Bertz CT molecular complexity index is 563. The minimum absolute atomic E-state index is 0. The maximum atomic E-state index is 10.5. The second kappa shape index (κ2) is 8.18. The number of benzene rings is 1. The molecule has 100 valence electrons. The van der Waals surface area contributed by atoms with Gasteiger partial charge in [-0.05, 0) is 40.6 Å². The summed E-state index contributed by atoms with van der Waals surface area (Å²) in [5, 5.41) is 4.45. The summed E-state index contributed by atoms with van der Waals surface area (Å²) in [7, 11) is -2.76. The Balaban J connectivity index is 0.00000324. The molecule has 9 heteroatoms. The van der Waals surface area contributed by atoms with Crippen molar-refractivity contribution in [2.45, 2.75) is 6.92 Å². The molecule has 0 heterocycles. The van der Waals surface area contributed by atoms with E-state index >= 15 is 0 Å². The molecule has 0 aliphatic heterocycles. The van der Waals surface area contributed by atoms with Crippen LogP contribution in [0.2, 0.25) is 5.02 Å². The van der Waals surface area contributed by atoms with Crippen LogP contribution in [0.5, 0.6) is 0 Å². The van der Waals surface area contributed by atoms with Crippen LogP contribution in [0.4, 0.5) is 5.69 Å². The Labute approximate surface area is 139 Å². The summed E-state index contributed by atoms with van der Waals surface area (Å²) in [6.45, 7) is 1.83. The Hall–Kier alpha value is -0.180. The standard InChI is InChI=1S/C10H14ClN3O3S.Na/c1-8-7-9(11)3-4-10(8)13-14(12-2)5-6-18(15,16)17;/h3-4,7H,5-6H2,1-2H3,(H-,12,13,15,16,17);/q;+1. The topological polar surface area (TPSA) is 84.6 Å². The fraction of sp³-hybridized carbons (Fsp3) is 0.400. The fourth-order valence-corrected chi connectivity index (χ4v) is 1.92. The molecule has 1 rings (SSSR count). The quantitative estimate of drug-likeness (QED) is 0.239. The van der Waals surface area contributed by atoms with Gasteiger partial charge in [0.2, 0.25) is 6.54 Å². The van der Waals surface area contributed by atoms with E-state index in [0.29, 0.717) is 5.02 Å². The second-order valence-corrected chi connectivity index (χ2v) is 5.62. The van der Waals surface area contributed by atoms with Crippen molar-refractivity contribution in [1.82, 2.24) is 0 Å². The number of nitrogens with zero attached hydrogens (tertiary/aromatic N) is 2. The number of hydrogen-bond donors (Lipinski definition) is 1. The van der Waals surface area contributed by atoms with Crippen molar-refractivity contribution < 1.29 is 47.3 Å². The second-order valence-electron chi connectivity index (χ2n) is 3.66. The van der Waals surface area contributed by atoms with Gasteiger partial charge in [-0.15, -0.1) is 5.43 Å². The van der Waals surface area contributed by atoms with Crippen molar-refractivity contribution in [2.24, 2.45) is 5.11 Å². The van der Waals surface area contributed by atoms with Crippen LogP contribution in [0.3, 0.4) is 0 Å². The summed E-state index contributed by atoms with van der Waals surface area (Å²) in [4.78, 5) is 1.30. The van der Waals surface area contributed by atoms with Crippen LogP contribution in [-0.2, 0) is 10.1 Å². The van der Waals surface area contributed by atoms with Crippen molar-refractivity contribution in [1.29, 1.82) is 0 Å². The van der Waals surface area contributed by atoms with E-state index in [2.05, 4.69) is 10.5 Å². The van der Waals surface area contributed by atoms with E-state index in [-0.39, 0.29) is 36.1 Å². The first kappa shape index (κ1) is 18.8. The number of azo groups is 1. The van der Waals surface area contributed by atoms with Gasteiger partial charge in [0.05, 0.1) is 7.05 Å². The first-order chi connectivity index (χ1) is 8.31. The Morgan fingerprint density at radius 2 is 2.11 bits per heavy atom. The minimum Gasteiger partial charge on any atom is -0.748 e. The van der Waals surface area contributed by atoms with Gasteiger partial charge < -0.3 is 4.55 Å². The van der Waals surface area contributed by atoms with Crippen LogP contribution >= 0.6 is 11.6 Å². The van der Waals surface area contributed by atoms with Crippen LogP contribution in [0, 0.1) is 6.92 Å². The van der Waals surface area contributed by atoms with Gasteiger partial charge in [0.25, 0.3) is 0 Å². The third kappa shape index (κ3) is 7.24. The van der Waals surface area contributed by atoms with E-state index in [1.165, 1.54) is 11.9 Å². The smallest absolute Gasteiger partial charge is 0.748 e. The van der Waals surface area contributed by atoms with Crippen molar-refractivity contribution in [3.63, 3.8) is 0 Å². The number of rotatable bonds is 5. The summed E-state index contributed by atoms with van der Waals surface area (Å²) in [6.07, 6.45) is 0. The molecule has 0 spiro atoms. The normalized spacial score (nSPS) is 11.9. The maximum absolute atomic E-state index is 10.5. The number of hydrogen-bond acceptors (Lipinski definition) is 4. The molecular weight excluding hydrogens is 301 g/mol. The molecule has 0 amide bonds. The molecule has 19 heavy (non-hydrogen) atoms. The summed E-state index contributed by atoms with van der Waals surface area (Å²) in [5.74, 6) is -0.510. The van der Waals surface area contributed by atoms with Gasteiger partial charge in [-0.1, -0.05) is 11.6 Å². The maximum Gasteiger partial charge on any atom is 1.00 e. The van der Waals surface area contributed by atoms with Gasteiger partial charge in [-0.3, -0.25) is 0 Å². The average Bonchev–Trinajstić information content (AvgIpc) is 2.25. The Morgan fingerprint density at radius 1 is 1.47 bits per heavy atom. The van der Waals surface area contributed by atoms with Gasteiger partial charge in [0.1, 0.15) is 21.6 Å². The Kier molecular flexibility index (Phi) is 8.11. The molecule has 1 aromatic rings. The van der Waals surface area contributed by atoms with Crippen LogP contribution in [0.25, 0.3) is 0 Å².